The number of aromatic nitrogens is 5. The predicted molar refractivity (Wildman–Crippen MR) is 105 cm³/mol. The van der Waals surface area contributed by atoms with Gasteiger partial charge in [0.2, 0.25) is 0 Å². The Morgan fingerprint density at radius 3 is 2.71 bits per heavy atom. The van der Waals surface area contributed by atoms with Crippen molar-refractivity contribution in [3.8, 4) is 11.3 Å². The van der Waals surface area contributed by atoms with E-state index in [0.29, 0.717) is 18.7 Å². The molecule has 3 aromatic rings. The molecule has 2 aromatic heterocycles. The molecule has 1 fully saturated rings. The quantitative estimate of drug-likeness (QED) is 0.750. The van der Waals surface area contributed by atoms with Crippen LogP contribution in [0.15, 0.2) is 41.3 Å². The summed E-state index contributed by atoms with van der Waals surface area (Å²) < 4.78 is 3.09. The van der Waals surface area contributed by atoms with Crippen LogP contribution in [0.25, 0.3) is 11.3 Å². The van der Waals surface area contributed by atoms with Crippen molar-refractivity contribution < 1.29 is 4.79 Å². The van der Waals surface area contributed by atoms with Crippen LogP contribution in [0.1, 0.15) is 41.9 Å². The largest absolute Gasteiger partial charge is 0.345 e. The number of nitrogens with one attached hydrogen (secondary N) is 1. The lowest BCUT2D eigenvalue weighted by Gasteiger charge is -2.32. The molecule has 1 saturated heterocycles. The summed E-state index contributed by atoms with van der Waals surface area (Å²) in [5.41, 5.74) is 2.48. The summed E-state index contributed by atoms with van der Waals surface area (Å²) in [5, 5.41) is 11.3. The second-order valence-corrected chi connectivity index (χ2v) is 7.15. The topological polar surface area (TPSA) is 88.8 Å². The zero-order valence-corrected chi connectivity index (χ0v) is 16.1. The fraction of sp³-hybridized carbons (Fsp3) is 0.400. The van der Waals surface area contributed by atoms with E-state index in [1.165, 1.54) is 4.68 Å². The van der Waals surface area contributed by atoms with E-state index in [0.717, 1.165) is 36.5 Å². The molecule has 1 N–H and O–H groups in total. The molecule has 8 nitrogen and oxygen atoms in total. The van der Waals surface area contributed by atoms with Crippen molar-refractivity contribution in [2.24, 2.45) is 7.05 Å². The first-order valence-electron chi connectivity index (χ1n) is 9.61. The summed E-state index contributed by atoms with van der Waals surface area (Å²) in [7, 11) is 1.67. The highest BCUT2D eigenvalue weighted by molar-refractivity contribution is 5.94. The summed E-state index contributed by atoms with van der Waals surface area (Å²) in [5.74, 6) is 0.875. The van der Waals surface area contributed by atoms with Crippen LogP contribution in [-0.4, -0.2) is 48.4 Å². The van der Waals surface area contributed by atoms with Gasteiger partial charge >= 0.3 is 5.69 Å². The van der Waals surface area contributed by atoms with Crippen LogP contribution < -0.4 is 5.69 Å². The first-order chi connectivity index (χ1) is 13.6. The smallest absolute Gasteiger partial charge is 0.338 e. The Kier molecular flexibility index (Phi) is 4.85. The molecule has 3 heterocycles. The van der Waals surface area contributed by atoms with Gasteiger partial charge < -0.3 is 4.90 Å². The van der Waals surface area contributed by atoms with Crippen molar-refractivity contribution in [1.82, 2.24) is 29.4 Å². The Balaban J connectivity index is 1.52. The highest BCUT2D eigenvalue weighted by atomic mass is 16.2. The minimum Gasteiger partial charge on any atom is -0.338 e. The van der Waals surface area contributed by atoms with Crippen LogP contribution in [0.5, 0.6) is 0 Å². The second-order valence-electron chi connectivity index (χ2n) is 7.15. The highest BCUT2D eigenvalue weighted by Crippen LogP contribution is 2.26. The maximum Gasteiger partial charge on any atom is 0.345 e. The molecule has 0 radical (unpaired) electrons. The Morgan fingerprint density at radius 1 is 1.25 bits per heavy atom. The third-order valence-corrected chi connectivity index (χ3v) is 5.37. The van der Waals surface area contributed by atoms with E-state index >= 15 is 0 Å². The third-order valence-electron chi connectivity index (χ3n) is 5.37. The van der Waals surface area contributed by atoms with Crippen LogP contribution in [0.4, 0.5) is 0 Å². The lowest BCUT2D eigenvalue weighted by Crippen LogP contribution is -2.40. The number of aromatic amines is 1. The summed E-state index contributed by atoms with van der Waals surface area (Å²) >= 11 is 0. The van der Waals surface area contributed by atoms with Crippen molar-refractivity contribution >= 4 is 5.91 Å². The van der Waals surface area contributed by atoms with Crippen LogP contribution in [-0.2, 0) is 13.6 Å². The van der Waals surface area contributed by atoms with E-state index < -0.39 is 0 Å². The first kappa shape index (κ1) is 18.2. The van der Waals surface area contributed by atoms with Gasteiger partial charge in [0, 0.05) is 44.4 Å². The molecule has 1 amide bonds. The number of aryl methyl sites for hydroxylation is 1. The molecular formula is C20H24N6O2. The lowest BCUT2D eigenvalue weighted by molar-refractivity contribution is 0.0703. The average molecular weight is 380 g/mol. The Labute approximate surface area is 162 Å². The summed E-state index contributed by atoms with van der Waals surface area (Å²) in [4.78, 5) is 27.1. The molecule has 146 valence electrons. The van der Waals surface area contributed by atoms with Crippen LogP contribution >= 0.6 is 0 Å². The number of carbonyl (C=O) groups excluding carboxylic acids is 1. The molecule has 4 rings (SSSR count). The van der Waals surface area contributed by atoms with Crippen molar-refractivity contribution in [3.05, 3.63) is 58.4 Å². The number of benzene rings is 1. The molecule has 0 saturated carbocycles. The fourth-order valence-corrected chi connectivity index (χ4v) is 3.89. The molecular weight excluding hydrogens is 356 g/mol. The first-order valence-corrected chi connectivity index (χ1v) is 9.61. The number of carbonyl (C=O) groups is 1. The molecule has 1 aliphatic heterocycles. The van der Waals surface area contributed by atoms with E-state index in [-0.39, 0.29) is 17.5 Å². The van der Waals surface area contributed by atoms with E-state index in [4.69, 9.17) is 0 Å². The summed E-state index contributed by atoms with van der Waals surface area (Å²) in [6, 6.07) is 9.45. The third kappa shape index (κ3) is 3.26. The Morgan fingerprint density at radius 2 is 2.04 bits per heavy atom. The van der Waals surface area contributed by atoms with Crippen LogP contribution in [0.2, 0.25) is 0 Å². The molecule has 0 spiro atoms. The summed E-state index contributed by atoms with van der Waals surface area (Å²) in [6.45, 7) is 3.83. The van der Waals surface area contributed by atoms with E-state index in [1.54, 1.807) is 17.8 Å². The molecule has 8 heteroatoms. The van der Waals surface area contributed by atoms with Gasteiger partial charge in [-0.15, -0.1) is 0 Å². The highest BCUT2D eigenvalue weighted by Gasteiger charge is 2.29. The summed E-state index contributed by atoms with van der Waals surface area (Å²) in [6.07, 6.45) is 3.53. The number of rotatable bonds is 4. The molecule has 0 aliphatic carbocycles. The lowest BCUT2D eigenvalue weighted by atomic mass is 9.96. The Bertz CT molecular complexity index is 1020. The Hall–Kier alpha value is -3.16. The predicted octanol–water partition coefficient (Wildman–Crippen LogP) is 2.01. The van der Waals surface area contributed by atoms with Gasteiger partial charge in [-0.3, -0.25) is 14.5 Å². The van der Waals surface area contributed by atoms with E-state index in [1.807, 2.05) is 42.2 Å². The standard InChI is InChI=1S/C20H24N6O2/c1-3-26-18(23-24(2)20(26)28)16-5-4-12-25(13-16)19(27)15-8-6-14(7-9-15)17-10-11-21-22-17/h6-11,16H,3-5,12-13H2,1-2H3,(H,21,22)/t16-/m1/s1. The van der Waals surface area contributed by atoms with E-state index in [9.17, 15) is 9.59 Å². The van der Waals surface area contributed by atoms with Gasteiger partial charge in [-0.1, -0.05) is 12.1 Å². The minimum atomic E-state index is -0.102. The van der Waals surface area contributed by atoms with Crippen molar-refractivity contribution in [2.45, 2.75) is 32.2 Å². The molecule has 1 atom stereocenters. The molecule has 1 aromatic carbocycles. The zero-order valence-electron chi connectivity index (χ0n) is 16.1. The molecule has 0 unspecified atom stereocenters. The maximum absolute atomic E-state index is 13.0. The van der Waals surface area contributed by atoms with Gasteiger partial charge in [-0.05, 0) is 43.5 Å². The normalized spacial score (nSPS) is 17.1. The molecule has 1 aliphatic rings. The number of likely N-dealkylation sites (tertiary alicyclic amines) is 1. The average Bonchev–Trinajstić information content (AvgIpc) is 3.36. The molecule has 0 bridgehead atoms. The maximum atomic E-state index is 13.0. The number of hydrogen-bond acceptors (Lipinski definition) is 4. The number of piperidine rings is 1. The van der Waals surface area contributed by atoms with Gasteiger partial charge in [0.05, 0.1) is 5.69 Å². The fourth-order valence-electron chi connectivity index (χ4n) is 3.89. The van der Waals surface area contributed by atoms with Crippen LogP contribution in [0.3, 0.4) is 0 Å². The van der Waals surface area contributed by atoms with E-state index in [2.05, 4.69) is 15.3 Å². The van der Waals surface area contributed by atoms with Gasteiger partial charge in [0.15, 0.2) is 0 Å². The number of amides is 1. The van der Waals surface area contributed by atoms with Crippen LogP contribution in [0, 0.1) is 0 Å². The SMILES string of the molecule is CCn1c([C@@H]2CCCN(C(=O)c3ccc(-c4ccn[nH]4)cc3)C2)nn(C)c1=O. The van der Waals surface area contributed by atoms with Crippen molar-refractivity contribution in [3.63, 3.8) is 0 Å². The van der Waals surface area contributed by atoms with Gasteiger partial charge in [-0.2, -0.15) is 10.2 Å². The monoisotopic (exact) mass is 380 g/mol. The van der Waals surface area contributed by atoms with Gasteiger partial charge in [0.25, 0.3) is 5.91 Å². The number of nitrogens with zero attached hydrogens (tertiary/aromatic N) is 5. The number of H-pyrrole nitrogens is 1. The number of hydrogen-bond donors (Lipinski definition) is 1. The van der Waals surface area contributed by atoms with Crippen molar-refractivity contribution in [2.75, 3.05) is 13.1 Å². The second kappa shape index (κ2) is 7.46. The van der Waals surface area contributed by atoms with Crippen molar-refractivity contribution in [1.29, 1.82) is 0 Å². The molecule has 28 heavy (non-hydrogen) atoms. The van der Waals surface area contributed by atoms with Gasteiger partial charge in [0.1, 0.15) is 5.82 Å². The van der Waals surface area contributed by atoms with Gasteiger partial charge in [-0.25, -0.2) is 9.48 Å². The zero-order chi connectivity index (χ0) is 19.7. The minimum absolute atomic E-state index is 0.0159.